The molecule has 0 bridgehead atoms. The van der Waals surface area contributed by atoms with Crippen molar-refractivity contribution < 1.29 is 9.59 Å². The second kappa shape index (κ2) is 7.65. The lowest BCUT2D eigenvalue weighted by molar-refractivity contribution is -0.140. The number of amides is 2. The number of hydrogen-bond acceptors (Lipinski definition) is 3. The number of piperidine rings is 1. The molecule has 26 heavy (non-hydrogen) atoms. The highest BCUT2D eigenvalue weighted by Gasteiger charge is 2.44. The fourth-order valence-electron chi connectivity index (χ4n) is 4.66. The number of carbonyl (C=O) groups excluding carboxylic acids is 2. The summed E-state index contributed by atoms with van der Waals surface area (Å²) >= 11 is 0. The Balaban J connectivity index is 1.72. The van der Waals surface area contributed by atoms with Crippen LogP contribution in [0.5, 0.6) is 0 Å². The number of likely N-dealkylation sites (tertiary alicyclic amines) is 1. The minimum atomic E-state index is -0.0753. The van der Waals surface area contributed by atoms with Crippen molar-refractivity contribution in [1.82, 2.24) is 9.80 Å². The first kappa shape index (κ1) is 17.3. The van der Waals surface area contributed by atoms with E-state index in [1.165, 1.54) is 19.3 Å². The van der Waals surface area contributed by atoms with Gasteiger partial charge in [0.05, 0.1) is 5.57 Å². The van der Waals surface area contributed by atoms with Crippen LogP contribution in [0.4, 0.5) is 0 Å². The summed E-state index contributed by atoms with van der Waals surface area (Å²) in [5, 5.41) is 0. The largest absolute Gasteiger partial charge is 0.366 e. The minimum Gasteiger partial charge on any atom is -0.366 e. The molecule has 0 unspecified atom stereocenters. The van der Waals surface area contributed by atoms with Crippen LogP contribution in [0.3, 0.4) is 0 Å². The Morgan fingerprint density at radius 1 is 0.731 bits per heavy atom. The Hall–Kier alpha value is -2.10. The van der Waals surface area contributed by atoms with Crippen LogP contribution in [-0.4, -0.2) is 40.7 Å². The summed E-state index contributed by atoms with van der Waals surface area (Å²) in [6.07, 6.45) is 9.95. The average Bonchev–Trinajstić information content (AvgIpc) is 2.85. The van der Waals surface area contributed by atoms with Crippen LogP contribution in [0.1, 0.15) is 63.4 Å². The number of hydrogen-bond donors (Lipinski definition) is 0. The third kappa shape index (κ3) is 3.17. The quantitative estimate of drug-likeness (QED) is 0.610. The number of benzene rings is 1. The van der Waals surface area contributed by atoms with E-state index < -0.39 is 0 Å². The normalized spacial score (nSPS) is 22.9. The van der Waals surface area contributed by atoms with E-state index in [9.17, 15) is 9.59 Å². The zero-order valence-corrected chi connectivity index (χ0v) is 15.5. The van der Waals surface area contributed by atoms with Crippen molar-refractivity contribution in [2.75, 3.05) is 13.1 Å². The van der Waals surface area contributed by atoms with Crippen LogP contribution in [0.2, 0.25) is 0 Å². The average molecular weight is 352 g/mol. The van der Waals surface area contributed by atoms with Gasteiger partial charge in [-0.1, -0.05) is 56.0 Å². The lowest BCUT2D eigenvalue weighted by Gasteiger charge is -2.31. The number of imide groups is 1. The van der Waals surface area contributed by atoms with Crippen molar-refractivity contribution in [3.8, 4) is 0 Å². The molecular formula is C22H28N2O2. The molecule has 4 nitrogen and oxygen atoms in total. The van der Waals surface area contributed by atoms with Gasteiger partial charge in [-0.3, -0.25) is 14.5 Å². The van der Waals surface area contributed by atoms with E-state index in [2.05, 4.69) is 4.90 Å². The van der Waals surface area contributed by atoms with Crippen LogP contribution in [0, 0.1) is 0 Å². The van der Waals surface area contributed by atoms with Gasteiger partial charge in [-0.05, 0) is 37.7 Å². The molecule has 2 amide bonds. The van der Waals surface area contributed by atoms with Gasteiger partial charge in [0.25, 0.3) is 11.8 Å². The van der Waals surface area contributed by atoms with Gasteiger partial charge in [-0.15, -0.1) is 0 Å². The summed E-state index contributed by atoms with van der Waals surface area (Å²) in [6, 6.07) is 9.83. The zero-order chi connectivity index (χ0) is 17.9. The molecule has 0 N–H and O–H groups in total. The van der Waals surface area contributed by atoms with Crippen LogP contribution in [-0.2, 0) is 9.59 Å². The molecule has 3 aliphatic rings. The second-order valence-corrected chi connectivity index (χ2v) is 7.76. The molecule has 1 aromatic carbocycles. The number of rotatable bonds is 3. The van der Waals surface area contributed by atoms with Crippen molar-refractivity contribution >= 4 is 17.4 Å². The summed E-state index contributed by atoms with van der Waals surface area (Å²) in [7, 11) is 0. The van der Waals surface area contributed by atoms with Gasteiger partial charge in [0.1, 0.15) is 5.70 Å². The van der Waals surface area contributed by atoms with Crippen LogP contribution >= 0.6 is 0 Å². The number of carbonyl (C=O) groups is 2. The summed E-state index contributed by atoms with van der Waals surface area (Å²) < 4.78 is 0. The maximum absolute atomic E-state index is 13.4. The first-order chi connectivity index (χ1) is 12.8. The molecule has 0 aromatic heterocycles. The van der Waals surface area contributed by atoms with E-state index in [4.69, 9.17) is 0 Å². The van der Waals surface area contributed by atoms with E-state index in [0.29, 0.717) is 11.3 Å². The van der Waals surface area contributed by atoms with Crippen LogP contribution in [0.15, 0.2) is 36.0 Å². The Bertz CT molecular complexity index is 696. The fraction of sp³-hybridized carbons (Fsp3) is 0.545. The Labute approximate surface area is 155 Å². The third-order valence-electron chi connectivity index (χ3n) is 6.02. The summed E-state index contributed by atoms with van der Waals surface area (Å²) in [5.41, 5.74) is 2.16. The first-order valence-corrected chi connectivity index (χ1v) is 10.2. The van der Waals surface area contributed by atoms with Crippen molar-refractivity contribution in [3.63, 3.8) is 0 Å². The molecule has 1 aromatic rings. The van der Waals surface area contributed by atoms with Crippen LogP contribution < -0.4 is 0 Å². The van der Waals surface area contributed by atoms with E-state index in [0.717, 1.165) is 57.2 Å². The monoisotopic (exact) mass is 352 g/mol. The van der Waals surface area contributed by atoms with Crippen molar-refractivity contribution in [1.29, 1.82) is 0 Å². The van der Waals surface area contributed by atoms with Gasteiger partial charge in [-0.25, -0.2) is 0 Å². The topological polar surface area (TPSA) is 40.6 Å². The fourth-order valence-corrected chi connectivity index (χ4v) is 4.66. The van der Waals surface area contributed by atoms with Crippen molar-refractivity contribution in [3.05, 3.63) is 41.6 Å². The molecule has 2 aliphatic heterocycles. The molecular weight excluding hydrogens is 324 g/mol. The molecule has 0 radical (unpaired) electrons. The summed E-state index contributed by atoms with van der Waals surface area (Å²) in [6.45, 7) is 1.76. The zero-order valence-electron chi connectivity index (χ0n) is 15.5. The second-order valence-electron chi connectivity index (χ2n) is 7.76. The van der Waals surface area contributed by atoms with Gasteiger partial charge in [0.15, 0.2) is 0 Å². The van der Waals surface area contributed by atoms with Gasteiger partial charge >= 0.3 is 0 Å². The predicted octanol–water partition coefficient (Wildman–Crippen LogP) is 3.98. The Morgan fingerprint density at radius 2 is 1.35 bits per heavy atom. The molecule has 1 saturated carbocycles. The highest BCUT2D eigenvalue weighted by molar-refractivity contribution is 6.35. The SMILES string of the molecule is O=C1C(c2ccccc2)=C(N2CCCCC2)C(=O)N1C1CCCCCC1. The van der Waals surface area contributed by atoms with Crippen molar-refractivity contribution in [2.45, 2.75) is 63.8 Å². The molecule has 4 heteroatoms. The Morgan fingerprint density at radius 3 is 2.00 bits per heavy atom. The van der Waals surface area contributed by atoms with Gasteiger partial charge in [-0.2, -0.15) is 0 Å². The van der Waals surface area contributed by atoms with Gasteiger partial charge in [0.2, 0.25) is 0 Å². The third-order valence-corrected chi connectivity index (χ3v) is 6.02. The van der Waals surface area contributed by atoms with Gasteiger partial charge in [0, 0.05) is 19.1 Å². The van der Waals surface area contributed by atoms with E-state index in [1.807, 2.05) is 30.3 Å². The van der Waals surface area contributed by atoms with E-state index in [1.54, 1.807) is 4.90 Å². The number of nitrogens with zero attached hydrogens (tertiary/aromatic N) is 2. The molecule has 2 fully saturated rings. The van der Waals surface area contributed by atoms with Crippen LogP contribution in [0.25, 0.3) is 5.57 Å². The lowest BCUT2D eigenvalue weighted by atomic mass is 10.0. The summed E-state index contributed by atoms with van der Waals surface area (Å²) in [4.78, 5) is 30.6. The standard InChI is InChI=1S/C22H28N2O2/c25-21-19(17-11-5-3-6-12-17)20(23-15-9-4-10-16-23)22(26)24(21)18-13-7-1-2-8-14-18/h3,5-6,11-12,18H,1-2,4,7-10,13-16H2. The Kier molecular flexibility index (Phi) is 5.09. The maximum atomic E-state index is 13.4. The lowest BCUT2D eigenvalue weighted by Crippen LogP contribution is -2.43. The predicted molar refractivity (Wildman–Crippen MR) is 102 cm³/mol. The minimum absolute atomic E-state index is 0.0531. The highest BCUT2D eigenvalue weighted by Crippen LogP contribution is 2.36. The molecule has 4 rings (SSSR count). The molecule has 1 aliphatic carbocycles. The maximum Gasteiger partial charge on any atom is 0.278 e. The molecule has 0 atom stereocenters. The smallest absolute Gasteiger partial charge is 0.278 e. The molecule has 138 valence electrons. The van der Waals surface area contributed by atoms with E-state index in [-0.39, 0.29) is 17.9 Å². The first-order valence-electron chi connectivity index (χ1n) is 10.2. The summed E-state index contributed by atoms with van der Waals surface area (Å²) in [5.74, 6) is -0.128. The molecule has 1 saturated heterocycles. The van der Waals surface area contributed by atoms with E-state index >= 15 is 0 Å². The van der Waals surface area contributed by atoms with Gasteiger partial charge < -0.3 is 4.90 Å². The van der Waals surface area contributed by atoms with Crippen molar-refractivity contribution in [2.24, 2.45) is 0 Å². The molecule has 0 spiro atoms. The molecule has 2 heterocycles. The highest BCUT2D eigenvalue weighted by atomic mass is 16.2.